The lowest BCUT2D eigenvalue weighted by molar-refractivity contribution is -0.922. The third-order valence-electron chi connectivity index (χ3n) is 19.2. The van der Waals surface area contributed by atoms with E-state index in [4.69, 9.17) is 24.2 Å². The van der Waals surface area contributed by atoms with E-state index in [1.165, 1.54) is 373 Å². The van der Waals surface area contributed by atoms with Gasteiger partial charge in [0, 0.05) is 1.43 Å². The molecule has 0 N–H and O–H groups in total. The first-order valence-electron chi connectivity index (χ1n) is 41.3. The fourth-order valence-corrected chi connectivity index (χ4v) is 13.2. The van der Waals surface area contributed by atoms with E-state index in [9.17, 15) is 14.4 Å². The van der Waals surface area contributed by atoms with Crippen molar-refractivity contribution in [1.82, 2.24) is 4.90 Å². The summed E-state index contributed by atoms with van der Waals surface area (Å²) in [4.78, 5) is 46.2. The summed E-state index contributed by atoms with van der Waals surface area (Å²) in [6, 6.07) is 0. The summed E-state index contributed by atoms with van der Waals surface area (Å²) >= 11 is 2.90. The standard InChI is InChI=1S/2C27H56NO2.C24H51N.C3H5BrO2.BrH.HO4P.H2/c2*1-5-8-11-14-17-20-23-28(26-27(29)30-4,24-21-18-15-12-9-6-2)25-22-19-16-13-10-7-3;1-4-7-10-13-16-19-22-25(23-20-17-14-11-8-5-2)24-21-18-15-12-9-6-3;1-6-3(5)2-4;;1-4-5(2)3;/h2*5-26H2,1-4H3;4-24H2,1-3H3;2H2,1H3;1H;1H;1H/q2*+1;;;;;/p-2. The molecule has 0 aliphatic heterocycles. The quantitative estimate of drug-likeness (QED) is 0.00835. The molecule has 0 amide bonds. The number of methoxy groups -OCH3 is 3. The molecule has 0 spiro atoms. The SMILES string of the molecule is CCCCCCCCN(CCCCCCCC)CCCCCCCC.CCCCCCCC[N+](CCCCCCCC)(CCCCCCCC)CC(=O)OC.CCCCCCCC[N+](CCCCCCCC)(CCCCCCCC)CC(=O)OC.COC(=O)CBr.O=[P+]([O-])O[O-].[Br-].[HH]. The summed E-state index contributed by atoms with van der Waals surface area (Å²) in [5, 5.41) is 8.81. The van der Waals surface area contributed by atoms with Crippen LogP contribution in [0.2, 0.25) is 0 Å². The Bertz CT molecular complexity index is 1350. The van der Waals surface area contributed by atoms with E-state index in [2.05, 4.69) is 92.6 Å². The Balaban J connectivity index is -0.000000233. The number of esters is 3. The Morgan fingerprint density at radius 1 is 0.320 bits per heavy atom. The lowest BCUT2D eigenvalue weighted by atomic mass is 10.1. The number of carbonyl (C=O) groups is 3. The highest BCUT2D eigenvalue weighted by Gasteiger charge is 2.31. The molecule has 0 saturated heterocycles. The number of ether oxygens (including phenoxy) is 3. The molecule has 13 nitrogen and oxygen atoms in total. The third kappa shape index (κ3) is 87.6. The molecule has 588 valence electrons. The molecule has 0 heterocycles. The molecule has 16 heteroatoms. The molecule has 0 aromatic rings. The predicted octanol–water partition coefficient (Wildman–Crippen LogP) is 20.6. The second-order valence-corrected chi connectivity index (χ2v) is 29.4. The zero-order chi connectivity index (χ0) is 72.4. The molecular formula is C81H170Br2N3O10P. The molecule has 1 atom stereocenters. The van der Waals surface area contributed by atoms with E-state index in [0.717, 1.165) is 48.2 Å². The van der Waals surface area contributed by atoms with Crippen molar-refractivity contribution in [2.45, 2.75) is 409 Å². The van der Waals surface area contributed by atoms with E-state index in [1.54, 1.807) is 14.2 Å². The molecule has 0 aliphatic carbocycles. The van der Waals surface area contributed by atoms with Crippen LogP contribution in [-0.4, -0.2) is 130 Å². The van der Waals surface area contributed by atoms with Crippen molar-refractivity contribution in [1.29, 1.82) is 0 Å². The number of alkyl halides is 1. The lowest BCUT2D eigenvalue weighted by Gasteiger charge is -2.38. The van der Waals surface area contributed by atoms with Crippen molar-refractivity contribution < 1.29 is 75.4 Å². The Kier molecular flexibility index (Phi) is 101. The molecule has 0 bridgehead atoms. The number of unbranched alkanes of at least 4 members (excludes halogenated alkanes) is 45. The van der Waals surface area contributed by atoms with Crippen molar-refractivity contribution in [2.24, 2.45) is 0 Å². The number of carbonyl (C=O) groups excluding carboxylic acids is 3. The second-order valence-electron chi connectivity index (χ2n) is 28.3. The summed E-state index contributed by atoms with van der Waals surface area (Å²) in [5.41, 5.74) is 0. The van der Waals surface area contributed by atoms with Crippen LogP contribution in [0.25, 0.3) is 0 Å². The van der Waals surface area contributed by atoms with Crippen molar-refractivity contribution in [2.75, 3.05) is 98.7 Å². The molecule has 0 aromatic heterocycles. The molecule has 0 radical (unpaired) electrons. The summed E-state index contributed by atoms with van der Waals surface area (Å²) in [5.74, 6) is -0.272. The van der Waals surface area contributed by atoms with E-state index in [-0.39, 0.29) is 41.6 Å². The highest BCUT2D eigenvalue weighted by atomic mass is 79.9. The van der Waals surface area contributed by atoms with Gasteiger partial charge in [-0.3, -0.25) is 4.79 Å². The minimum Gasteiger partial charge on any atom is -1.00 e. The molecule has 0 aliphatic rings. The van der Waals surface area contributed by atoms with Crippen LogP contribution in [0.5, 0.6) is 0 Å². The van der Waals surface area contributed by atoms with Gasteiger partial charge in [-0.2, -0.15) is 0 Å². The van der Waals surface area contributed by atoms with Gasteiger partial charge in [-0.15, -0.1) is 0 Å². The second kappa shape index (κ2) is 91.3. The van der Waals surface area contributed by atoms with Crippen LogP contribution in [0.1, 0.15) is 410 Å². The Morgan fingerprint density at radius 3 is 0.608 bits per heavy atom. The van der Waals surface area contributed by atoms with Crippen molar-refractivity contribution >= 4 is 42.1 Å². The maximum absolute atomic E-state index is 12.3. The number of hydrogen-bond donors (Lipinski definition) is 0. The number of quaternary nitrogens is 2. The number of nitrogens with zero attached hydrogens (tertiary/aromatic N) is 3. The Morgan fingerprint density at radius 2 is 0.474 bits per heavy atom. The van der Waals surface area contributed by atoms with Crippen LogP contribution in [0.3, 0.4) is 0 Å². The van der Waals surface area contributed by atoms with Gasteiger partial charge in [0.2, 0.25) is 0 Å². The summed E-state index contributed by atoms with van der Waals surface area (Å²) < 4.78 is 27.7. The lowest BCUT2D eigenvalue weighted by Crippen LogP contribution is -3.00. The van der Waals surface area contributed by atoms with Crippen molar-refractivity contribution in [3.05, 3.63) is 0 Å². The van der Waals surface area contributed by atoms with Gasteiger partial charge in [-0.25, -0.2) is 14.3 Å². The maximum atomic E-state index is 12.3. The normalized spacial score (nSPS) is 11.3. The molecular weight excluding hydrogens is 1370 g/mol. The van der Waals surface area contributed by atoms with Gasteiger partial charge in [-0.1, -0.05) is 329 Å². The molecule has 0 fully saturated rings. The van der Waals surface area contributed by atoms with Gasteiger partial charge in [-0.05, 0) is 121 Å². The van der Waals surface area contributed by atoms with Crippen molar-refractivity contribution in [3.63, 3.8) is 0 Å². The van der Waals surface area contributed by atoms with Gasteiger partial charge >= 0.3 is 26.2 Å². The maximum Gasteiger partial charge on any atom is 0.479 e. The van der Waals surface area contributed by atoms with Crippen LogP contribution in [0, 0.1) is 0 Å². The van der Waals surface area contributed by atoms with Crippen LogP contribution in [0.4, 0.5) is 0 Å². The average Bonchev–Trinajstić information content (AvgIpc) is 0.894. The first kappa shape index (κ1) is 107. The zero-order valence-electron chi connectivity index (χ0n) is 66.8. The van der Waals surface area contributed by atoms with Gasteiger partial charge in [0.05, 0.1) is 60.6 Å². The summed E-state index contributed by atoms with van der Waals surface area (Å²) in [6.45, 7) is 32.8. The largest absolute Gasteiger partial charge is 1.00 e. The van der Waals surface area contributed by atoms with Crippen LogP contribution >= 0.6 is 24.2 Å². The first-order valence-corrected chi connectivity index (χ1v) is 43.6. The van der Waals surface area contributed by atoms with E-state index >= 15 is 0 Å². The average molecular weight is 1540 g/mol. The summed E-state index contributed by atoms with van der Waals surface area (Å²) in [7, 11) is 1.30. The van der Waals surface area contributed by atoms with Crippen LogP contribution in [0.15, 0.2) is 0 Å². The number of halogens is 2. The first-order chi connectivity index (χ1) is 46.7. The smallest absolute Gasteiger partial charge is 0.479 e. The zero-order valence-corrected chi connectivity index (χ0v) is 70.9. The molecule has 1 unspecified atom stereocenters. The fraction of sp³-hybridized carbons (Fsp3) is 0.963. The molecule has 0 saturated carbocycles. The highest BCUT2D eigenvalue weighted by Crippen LogP contribution is 2.22. The molecule has 0 aromatic carbocycles. The Labute approximate surface area is 626 Å². The Hall–Kier alpha value is -0.770. The minimum atomic E-state index is -3.15. The van der Waals surface area contributed by atoms with Gasteiger partial charge in [0.15, 0.2) is 13.1 Å². The minimum absolute atomic E-state index is 0. The fourth-order valence-electron chi connectivity index (χ4n) is 12.9. The molecule has 97 heavy (non-hydrogen) atoms. The third-order valence-corrected chi connectivity index (χ3v) is 19.8. The van der Waals surface area contributed by atoms with Gasteiger partial charge in [0.1, 0.15) is 5.33 Å². The predicted molar refractivity (Wildman–Crippen MR) is 417 cm³/mol. The van der Waals surface area contributed by atoms with E-state index in [0.29, 0.717) is 13.1 Å². The van der Waals surface area contributed by atoms with Gasteiger partial charge in [0.25, 0.3) is 0 Å². The van der Waals surface area contributed by atoms with Gasteiger partial charge < -0.3 is 55.2 Å². The topological polar surface area (TPSA) is 155 Å². The van der Waals surface area contributed by atoms with E-state index < -0.39 is 8.25 Å². The number of rotatable bonds is 69. The monoisotopic (exact) mass is 1530 g/mol. The van der Waals surface area contributed by atoms with E-state index in [1.807, 2.05) is 0 Å². The molecule has 0 rings (SSSR count). The summed E-state index contributed by atoms with van der Waals surface area (Å²) in [6.07, 6.45) is 73.4. The van der Waals surface area contributed by atoms with Crippen LogP contribution < -0.4 is 27.1 Å². The van der Waals surface area contributed by atoms with Crippen LogP contribution in [-0.2, 0) is 37.8 Å². The number of hydrogen-bond acceptors (Lipinski definition) is 11. The van der Waals surface area contributed by atoms with Crippen molar-refractivity contribution in [3.8, 4) is 0 Å². The highest BCUT2D eigenvalue weighted by molar-refractivity contribution is 9.09.